The van der Waals surface area contributed by atoms with Crippen LogP contribution in [0, 0.1) is 5.92 Å². The van der Waals surface area contributed by atoms with Gasteiger partial charge in [0.1, 0.15) is 5.52 Å². The summed E-state index contributed by atoms with van der Waals surface area (Å²) in [6.45, 7) is 4.31. The molecule has 1 heterocycles. The van der Waals surface area contributed by atoms with Gasteiger partial charge in [-0.05, 0) is 46.5 Å². The summed E-state index contributed by atoms with van der Waals surface area (Å²) < 4.78 is 1.59. The van der Waals surface area contributed by atoms with E-state index in [4.69, 9.17) is 0 Å². The van der Waals surface area contributed by atoms with Gasteiger partial charge in [0, 0.05) is 15.6 Å². The van der Waals surface area contributed by atoms with Gasteiger partial charge in [-0.15, -0.1) is 0 Å². The van der Waals surface area contributed by atoms with Crippen LogP contribution in [0.2, 0.25) is 0 Å². The van der Waals surface area contributed by atoms with E-state index in [1.54, 1.807) is 0 Å². The van der Waals surface area contributed by atoms with Gasteiger partial charge in [0.05, 0.1) is 4.47 Å². The van der Waals surface area contributed by atoms with Gasteiger partial charge in [-0.1, -0.05) is 29.8 Å². The number of hydrogen-bond donors (Lipinski definition) is 1. The maximum atomic E-state index is 10.0. The van der Waals surface area contributed by atoms with Crippen LogP contribution in [0.3, 0.4) is 0 Å². The van der Waals surface area contributed by atoms with E-state index in [1.165, 1.54) is 0 Å². The quantitative estimate of drug-likeness (QED) is 0.846. The summed E-state index contributed by atoms with van der Waals surface area (Å²) in [4.78, 5) is 4.53. The van der Waals surface area contributed by atoms with E-state index in [1.807, 2.05) is 18.2 Å². The van der Waals surface area contributed by atoms with Gasteiger partial charge in [0.2, 0.25) is 0 Å². The zero-order valence-corrected chi connectivity index (χ0v) is 12.8. The van der Waals surface area contributed by atoms with E-state index in [9.17, 15) is 5.11 Å². The number of hydrogen-bond acceptors (Lipinski definition) is 2. The number of fused-ring (bicyclic) bond motifs is 1. The highest BCUT2D eigenvalue weighted by Crippen LogP contribution is 2.36. The summed E-state index contributed by atoms with van der Waals surface area (Å²) in [6.07, 6.45) is 0.916. The lowest BCUT2D eigenvalue weighted by atomic mass is 10.1. The van der Waals surface area contributed by atoms with E-state index >= 15 is 0 Å². The van der Waals surface area contributed by atoms with Crippen LogP contribution in [0.5, 0.6) is 5.75 Å². The Hall–Kier alpha value is -0.610. The summed E-state index contributed by atoms with van der Waals surface area (Å²) in [5.41, 5.74) is 1.65. The molecule has 0 unspecified atom stereocenters. The van der Waals surface area contributed by atoms with E-state index in [0.29, 0.717) is 15.9 Å². The standard InChI is InChI=1S/C13H13Br2NO/c1-7(2)5-8-3-4-9-10(14)6-11(15)13(17)12(9)16-8/h3-4,6-7,17H,5H2,1-2H3. The molecule has 0 aliphatic heterocycles. The largest absolute Gasteiger partial charge is 0.505 e. The number of rotatable bonds is 2. The summed E-state index contributed by atoms with van der Waals surface area (Å²) in [5, 5.41) is 10.9. The zero-order valence-electron chi connectivity index (χ0n) is 9.67. The van der Waals surface area contributed by atoms with Gasteiger partial charge in [-0.25, -0.2) is 4.98 Å². The van der Waals surface area contributed by atoms with Gasteiger partial charge < -0.3 is 5.11 Å². The van der Waals surface area contributed by atoms with E-state index in [-0.39, 0.29) is 5.75 Å². The molecule has 1 N–H and O–H groups in total. The van der Waals surface area contributed by atoms with E-state index in [2.05, 4.69) is 50.7 Å². The molecule has 0 saturated carbocycles. The van der Waals surface area contributed by atoms with Gasteiger partial charge in [0.25, 0.3) is 0 Å². The molecule has 0 aliphatic carbocycles. The molecule has 0 bridgehead atoms. The molecule has 0 radical (unpaired) electrons. The normalized spacial score (nSPS) is 11.4. The number of nitrogens with zero attached hydrogens (tertiary/aromatic N) is 1. The summed E-state index contributed by atoms with van der Waals surface area (Å²) in [7, 11) is 0. The fourth-order valence-electron chi connectivity index (χ4n) is 1.78. The second-order valence-corrected chi connectivity index (χ2v) is 6.19. The fourth-order valence-corrected chi connectivity index (χ4v) is 3.05. The predicted octanol–water partition coefficient (Wildman–Crippen LogP) is 4.66. The van der Waals surface area contributed by atoms with Crippen molar-refractivity contribution in [2.45, 2.75) is 20.3 Å². The third-order valence-electron chi connectivity index (χ3n) is 2.53. The molecule has 2 rings (SSSR count). The lowest BCUT2D eigenvalue weighted by molar-refractivity contribution is 0.476. The lowest BCUT2D eigenvalue weighted by Gasteiger charge is -2.09. The number of phenolic OH excluding ortho intramolecular Hbond substituents is 1. The van der Waals surface area contributed by atoms with Crippen LogP contribution in [0.4, 0.5) is 0 Å². The summed E-state index contributed by atoms with van der Waals surface area (Å²) >= 11 is 6.80. The molecule has 90 valence electrons. The van der Waals surface area contributed by atoms with E-state index in [0.717, 1.165) is 22.0 Å². The first-order chi connectivity index (χ1) is 7.99. The van der Waals surface area contributed by atoms with Crippen LogP contribution in [-0.4, -0.2) is 10.1 Å². The molecule has 2 nitrogen and oxygen atoms in total. The summed E-state index contributed by atoms with van der Waals surface area (Å²) in [6, 6.07) is 5.85. The van der Waals surface area contributed by atoms with Crippen molar-refractivity contribution in [2.24, 2.45) is 5.92 Å². The average Bonchev–Trinajstić information content (AvgIpc) is 2.25. The molecule has 0 spiro atoms. The predicted molar refractivity (Wildman–Crippen MR) is 77.3 cm³/mol. The Morgan fingerprint density at radius 1 is 1.24 bits per heavy atom. The van der Waals surface area contributed by atoms with Gasteiger partial charge in [-0.3, -0.25) is 0 Å². The Kier molecular flexibility index (Phi) is 3.73. The first-order valence-electron chi connectivity index (χ1n) is 5.45. The molecule has 4 heteroatoms. The topological polar surface area (TPSA) is 33.1 Å². The first kappa shape index (κ1) is 12.8. The third-order valence-corrected chi connectivity index (χ3v) is 3.79. The number of halogens is 2. The molecule has 0 saturated heterocycles. The van der Waals surface area contributed by atoms with Crippen molar-refractivity contribution in [1.29, 1.82) is 0 Å². The fraction of sp³-hybridized carbons (Fsp3) is 0.308. The average molecular weight is 359 g/mol. The second kappa shape index (κ2) is 4.94. The van der Waals surface area contributed by atoms with Crippen LogP contribution in [0.1, 0.15) is 19.5 Å². The minimum Gasteiger partial charge on any atom is -0.505 e. The lowest BCUT2D eigenvalue weighted by Crippen LogP contribution is -1.97. The second-order valence-electron chi connectivity index (χ2n) is 4.49. The smallest absolute Gasteiger partial charge is 0.156 e. The molecular weight excluding hydrogens is 346 g/mol. The Morgan fingerprint density at radius 3 is 2.59 bits per heavy atom. The van der Waals surface area contributed by atoms with Crippen LogP contribution in [-0.2, 0) is 6.42 Å². The maximum absolute atomic E-state index is 10.0. The minimum atomic E-state index is 0.203. The maximum Gasteiger partial charge on any atom is 0.156 e. The Balaban J connectivity index is 2.63. The summed E-state index contributed by atoms with van der Waals surface area (Å²) in [5.74, 6) is 0.756. The number of pyridine rings is 1. The highest BCUT2D eigenvalue weighted by molar-refractivity contribution is 9.11. The number of phenols is 1. The Bertz CT molecular complexity index is 567. The molecule has 2 aromatic rings. The molecule has 0 atom stereocenters. The van der Waals surface area contributed by atoms with Crippen LogP contribution >= 0.6 is 31.9 Å². The SMILES string of the molecule is CC(C)Cc1ccc2c(Br)cc(Br)c(O)c2n1. The molecule has 1 aromatic heterocycles. The minimum absolute atomic E-state index is 0.203. The number of benzene rings is 1. The Labute approximate surface area is 117 Å². The molecule has 0 amide bonds. The van der Waals surface area contributed by atoms with Crippen molar-refractivity contribution in [3.8, 4) is 5.75 Å². The van der Waals surface area contributed by atoms with Crippen LogP contribution in [0.15, 0.2) is 27.1 Å². The monoisotopic (exact) mass is 357 g/mol. The van der Waals surface area contributed by atoms with Crippen molar-refractivity contribution in [2.75, 3.05) is 0 Å². The molecule has 17 heavy (non-hydrogen) atoms. The highest BCUT2D eigenvalue weighted by Gasteiger charge is 2.11. The third kappa shape index (κ3) is 2.63. The van der Waals surface area contributed by atoms with Gasteiger partial charge >= 0.3 is 0 Å². The molecule has 1 aromatic carbocycles. The molecule has 0 fully saturated rings. The van der Waals surface area contributed by atoms with Crippen molar-refractivity contribution in [1.82, 2.24) is 4.98 Å². The molecule has 0 aliphatic rings. The highest BCUT2D eigenvalue weighted by atomic mass is 79.9. The first-order valence-corrected chi connectivity index (χ1v) is 7.04. The van der Waals surface area contributed by atoms with Crippen LogP contribution < -0.4 is 0 Å². The van der Waals surface area contributed by atoms with Crippen LogP contribution in [0.25, 0.3) is 10.9 Å². The number of aromatic nitrogens is 1. The van der Waals surface area contributed by atoms with Crippen molar-refractivity contribution in [3.05, 3.63) is 32.8 Å². The zero-order chi connectivity index (χ0) is 12.6. The van der Waals surface area contributed by atoms with Gasteiger partial charge in [-0.2, -0.15) is 0 Å². The van der Waals surface area contributed by atoms with E-state index < -0.39 is 0 Å². The van der Waals surface area contributed by atoms with Crippen molar-refractivity contribution in [3.63, 3.8) is 0 Å². The van der Waals surface area contributed by atoms with Crippen molar-refractivity contribution < 1.29 is 5.11 Å². The van der Waals surface area contributed by atoms with Gasteiger partial charge in [0.15, 0.2) is 5.75 Å². The molecular formula is C13H13Br2NO. The number of aromatic hydroxyl groups is 1. The van der Waals surface area contributed by atoms with Crippen molar-refractivity contribution >= 4 is 42.8 Å². The Morgan fingerprint density at radius 2 is 1.94 bits per heavy atom.